The van der Waals surface area contributed by atoms with Gasteiger partial charge in [0.2, 0.25) is 0 Å². The van der Waals surface area contributed by atoms with Crippen LogP contribution in [0.5, 0.6) is 5.75 Å². The molecule has 0 aromatic heterocycles. The molecule has 0 saturated heterocycles. The molecule has 0 fully saturated rings. The summed E-state index contributed by atoms with van der Waals surface area (Å²) in [6, 6.07) is 8.15. The zero-order valence-electron chi connectivity index (χ0n) is 10.5. The second-order valence-corrected chi connectivity index (χ2v) is 4.46. The molecule has 2 N–H and O–H groups in total. The maximum absolute atomic E-state index is 5.55. The third-order valence-electron chi connectivity index (χ3n) is 2.70. The molecule has 1 aromatic rings. The van der Waals surface area contributed by atoms with Gasteiger partial charge in [-0.05, 0) is 30.7 Å². The van der Waals surface area contributed by atoms with Crippen molar-refractivity contribution in [1.82, 2.24) is 4.90 Å². The van der Waals surface area contributed by atoms with Crippen LogP contribution in [0.1, 0.15) is 12.5 Å². The van der Waals surface area contributed by atoms with E-state index in [1.807, 2.05) is 12.1 Å². The van der Waals surface area contributed by atoms with Crippen LogP contribution < -0.4 is 10.5 Å². The highest BCUT2D eigenvalue weighted by molar-refractivity contribution is 7.80. The first-order valence-corrected chi connectivity index (χ1v) is 6.20. The predicted octanol–water partition coefficient (Wildman–Crippen LogP) is 1.85. The molecule has 0 bridgehead atoms. The highest BCUT2D eigenvalue weighted by Crippen LogP contribution is 2.11. The Morgan fingerprint density at radius 1 is 1.35 bits per heavy atom. The number of thiocarbonyl (C=S) groups is 1. The SMILES string of the molecule is CCN(CCc1ccc(OC)cc1)CC(N)=S. The molecule has 0 atom stereocenters. The van der Waals surface area contributed by atoms with Crippen molar-refractivity contribution in [2.45, 2.75) is 13.3 Å². The van der Waals surface area contributed by atoms with Crippen molar-refractivity contribution in [3.05, 3.63) is 29.8 Å². The van der Waals surface area contributed by atoms with E-state index in [0.29, 0.717) is 11.5 Å². The number of rotatable bonds is 7. The standard InChI is InChI=1S/C13H20N2OS/c1-3-15(10-13(14)17)9-8-11-4-6-12(16-2)7-5-11/h4-7H,3,8-10H2,1-2H3,(H2,14,17). The van der Waals surface area contributed by atoms with Crippen molar-refractivity contribution in [2.24, 2.45) is 5.73 Å². The molecule has 0 aliphatic heterocycles. The fourth-order valence-corrected chi connectivity index (χ4v) is 1.83. The first kappa shape index (κ1) is 13.9. The van der Waals surface area contributed by atoms with Gasteiger partial charge in [0.15, 0.2) is 0 Å². The summed E-state index contributed by atoms with van der Waals surface area (Å²) in [7, 11) is 1.68. The highest BCUT2D eigenvalue weighted by atomic mass is 32.1. The minimum Gasteiger partial charge on any atom is -0.497 e. The van der Waals surface area contributed by atoms with E-state index >= 15 is 0 Å². The van der Waals surface area contributed by atoms with Crippen molar-refractivity contribution in [1.29, 1.82) is 0 Å². The maximum atomic E-state index is 5.55. The number of ether oxygens (including phenoxy) is 1. The lowest BCUT2D eigenvalue weighted by Crippen LogP contribution is -2.34. The van der Waals surface area contributed by atoms with Gasteiger partial charge in [-0.1, -0.05) is 31.3 Å². The summed E-state index contributed by atoms with van der Waals surface area (Å²) in [6.45, 7) is 4.75. The van der Waals surface area contributed by atoms with Crippen LogP contribution in [0, 0.1) is 0 Å². The van der Waals surface area contributed by atoms with Gasteiger partial charge in [-0.25, -0.2) is 0 Å². The van der Waals surface area contributed by atoms with E-state index in [0.717, 1.165) is 25.3 Å². The molecule has 0 aliphatic rings. The van der Waals surface area contributed by atoms with Gasteiger partial charge in [0.05, 0.1) is 12.1 Å². The Morgan fingerprint density at radius 2 is 2.00 bits per heavy atom. The molecule has 0 amide bonds. The zero-order chi connectivity index (χ0) is 12.7. The van der Waals surface area contributed by atoms with Crippen LogP contribution >= 0.6 is 12.2 Å². The van der Waals surface area contributed by atoms with Gasteiger partial charge >= 0.3 is 0 Å². The van der Waals surface area contributed by atoms with Gasteiger partial charge in [0.1, 0.15) is 5.75 Å². The van der Waals surface area contributed by atoms with E-state index in [2.05, 4.69) is 24.0 Å². The number of methoxy groups -OCH3 is 1. The molecule has 0 saturated carbocycles. The van der Waals surface area contributed by atoms with Crippen LogP contribution in [0.4, 0.5) is 0 Å². The Balaban J connectivity index is 2.44. The van der Waals surface area contributed by atoms with E-state index in [-0.39, 0.29) is 0 Å². The van der Waals surface area contributed by atoms with Crippen LogP contribution in [0.2, 0.25) is 0 Å². The fourth-order valence-electron chi connectivity index (χ4n) is 1.65. The number of nitrogens with zero attached hydrogens (tertiary/aromatic N) is 1. The summed E-state index contributed by atoms with van der Waals surface area (Å²) < 4.78 is 5.12. The molecule has 1 aromatic carbocycles. The van der Waals surface area contributed by atoms with Crippen molar-refractivity contribution < 1.29 is 4.74 Å². The Hall–Kier alpha value is -1.13. The minimum absolute atomic E-state index is 0.557. The van der Waals surface area contributed by atoms with Gasteiger partial charge in [0.25, 0.3) is 0 Å². The summed E-state index contributed by atoms with van der Waals surface area (Å²) in [6.07, 6.45) is 1.00. The largest absolute Gasteiger partial charge is 0.497 e. The Morgan fingerprint density at radius 3 is 2.47 bits per heavy atom. The molecule has 3 nitrogen and oxygen atoms in total. The number of likely N-dealkylation sites (N-methyl/N-ethyl adjacent to an activating group) is 1. The molecule has 1 rings (SSSR count). The molecule has 0 aliphatic carbocycles. The van der Waals surface area contributed by atoms with Gasteiger partial charge in [-0.2, -0.15) is 0 Å². The molecule has 17 heavy (non-hydrogen) atoms. The molecule has 0 heterocycles. The average molecular weight is 252 g/mol. The number of nitrogens with two attached hydrogens (primary N) is 1. The van der Waals surface area contributed by atoms with Gasteiger partial charge < -0.3 is 10.5 Å². The summed E-state index contributed by atoms with van der Waals surface area (Å²) in [5.41, 5.74) is 6.85. The molecule has 94 valence electrons. The van der Waals surface area contributed by atoms with Crippen molar-refractivity contribution in [3.63, 3.8) is 0 Å². The summed E-state index contributed by atoms with van der Waals surface area (Å²) in [4.78, 5) is 2.80. The van der Waals surface area contributed by atoms with Gasteiger partial charge in [-0.15, -0.1) is 0 Å². The molecule has 0 radical (unpaired) electrons. The lowest BCUT2D eigenvalue weighted by Gasteiger charge is -2.19. The fraction of sp³-hybridized carbons (Fsp3) is 0.462. The second kappa shape index (κ2) is 7.25. The van der Waals surface area contributed by atoms with E-state index in [1.165, 1.54) is 5.56 Å². The number of benzene rings is 1. The molecular formula is C13H20N2OS. The summed E-state index contributed by atoms with van der Waals surface area (Å²) in [5, 5.41) is 0. The first-order valence-electron chi connectivity index (χ1n) is 5.79. The van der Waals surface area contributed by atoms with Gasteiger partial charge in [0, 0.05) is 13.1 Å². The zero-order valence-corrected chi connectivity index (χ0v) is 11.3. The Bertz CT molecular complexity index is 351. The Labute approximate surface area is 109 Å². The Kier molecular flexibility index (Phi) is 5.94. The van der Waals surface area contributed by atoms with Crippen LogP contribution in [0.25, 0.3) is 0 Å². The third kappa shape index (κ3) is 5.15. The van der Waals surface area contributed by atoms with Crippen LogP contribution in [0.15, 0.2) is 24.3 Å². The normalized spacial score (nSPS) is 10.5. The van der Waals surface area contributed by atoms with E-state index in [1.54, 1.807) is 7.11 Å². The third-order valence-corrected chi connectivity index (χ3v) is 2.83. The summed E-state index contributed by atoms with van der Waals surface area (Å²) in [5.74, 6) is 0.893. The highest BCUT2D eigenvalue weighted by Gasteiger charge is 2.04. The first-order chi connectivity index (χ1) is 8.15. The average Bonchev–Trinajstić information content (AvgIpc) is 2.34. The van der Waals surface area contributed by atoms with E-state index in [9.17, 15) is 0 Å². The van der Waals surface area contributed by atoms with Crippen molar-refractivity contribution >= 4 is 17.2 Å². The van der Waals surface area contributed by atoms with Crippen LogP contribution in [0.3, 0.4) is 0 Å². The number of hydrogen-bond acceptors (Lipinski definition) is 3. The smallest absolute Gasteiger partial charge is 0.118 e. The number of hydrogen-bond donors (Lipinski definition) is 1. The molecule has 0 unspecified atom stereocenters. The van der Waals surface area contributed by atoms with E-state index < -0.39 is 0 Å². The lowest BCUT2D eigenvalue weighted by atomic mass is 10.1. The predicted molar refractivity (Wildman–Crippen MR) is 75.6 cm³/mol. The lowest BCUT2D eigenvalue weighted by molar-refractivity contribution is 0.333. The molecular weight excluding hydrogens is 232 g/mol. The quantitative estimate of drug-likeness (QED) is 0.752. The van der Waals surface area contributed by atoms with Crippen LogP contribution in [-0.2, 0) is 6.42 Å². The van der Waals surface area contributed by atoms with Crippen LogP contribution in [-0.4, -0.2) is 36.6 Å². The van der Waals surface area contributed by atoms with Crippen molar-refractivity contribution in [2.75, 3.05) is 26.7 Å². The minimum atomic E-state index is 0.557. The maximum Gasteiger partial charge on any atom is 0.118 e. The van der Waals surface area contributed by atoms with Gasteiger partial charge in [-0.3, -0.25) is 4.90 Å². The van der Waals surface area contributed by atoms with Crippen molar-refractivity contribution in [3.8, 4) is 5.75 Å². The second-order valence-electron chi connectivity index (χ2n) is 3.93. The monoisotopic (exact) mass is 252 g/mol. The molecule has 0 spiro atoms. The molecule has 4 heteroatoms. The summed E-state index contributed by atoms with van der Waals surface area (Å²) >= 11 is 4.92. The van der Waals surface area contributed by atoms with E-state index in [4.69, 9.17) is 22.7 Å². The topological polar surface area (TPSA) is 38.5 Å².